The lowest BCUT2D eigenvalue weighted by Crippen LogP contribution is -2.26. The molecule has 2 rings (SSSR count). The van der Waals surface area contributed by atoms with Crippen LogP contribution in [-0.2, 0) is 0 Å². The molecule has 0 aromatic carbocycles. The topological polar surface area (TPSA) is 87.3 Å². The Morgan fingerprint density at radius 2 is 2.22 bits per heavy atom. The van der Waals surface area contributed by atoms with Crippen molar-refractivity contribution in [1.82, 2.24) is 9.97 Å². The molecule has 2 heterocycles. The van der Waals surface area contributed by atoms with E-state index in [2.05, 4.69) is 15.4 Å². The van der Waals surface area contributed by atoms with Gasteiger partial charge in [0.1, 0.15) is 0 Å². The van der Waals surface area contributed by atoms with Crippen molar-refractivity contribution in [1.29, 1.82) is 0 Å². The van der Waals surface area contributed by atoms with Crippen molar-refractivity contribution >= 4 is 23.2 Å². The molecule has 1 fully saturated rings. The van der Waals surface area contributed by atoms with Gasteiger partial charge in [-0.2, -0.15) is 14.4 Å². The molecular formula is C10H15ClFN5O. The molecule has 0 aliphatic carbocycles. The van der Waals surface area contributed by atoms with Gasteiger partial charge in [0.2, 0.25) is 11.1 Å². The van der Waals surface area contributed by atoms with E-state index in [4.69, 9.17) is 17.4 Å². The quantitative estimate of drug-likeness (QED) is 0.420. The lowest BCUT2D eigenvalue weighted by molar-refractivity contribution is 0.0964. The van der Waals surface area contributed by atoms with Gasteiger partial charge in [0, 0.05) is 18.5 Å². The highest BCUT2D eigenvalue weighted by Crippen LogP contribution is 2.34. The zero-order valence-electron chi connectivity index (χ0n) is 10.1. The summed E-state index contributed by atoms with van der Waals surface area (Å²) in [6, 6.07) is 0. The minimum absolute atomic E-state index is 0.0487. The second-order valence-corrected chi connectivity index (χ2v) is 5.35. The van der Waals surface area contributed by atoms with Crippen molar-refractivity contribution < 1.29 is 9.50 Å². The molecule has 1 atom stereocenters. The molecule has 18 heavy (non-hydrogen) atoms. The van der Waals surface area contributed by atoms with E-state index >= 15 is 0 Å². The van der Waals surface area contributed by atoms with E-state index < -0.39 is 11.9 Å². The highest BCUT2D eigenvalue weighted by molar-refractivity contribution is 6.28. The summed E-state index contributed by atoms with van der Waals surface area (Å²) in [6.07, 6.45) is -0.556. The number of hydrazine groups is 1. The number of nitrogens with two attached hydrogens (primary N) is 1. The van der Waals surface area contributed by atoms with Gasteiger partial charge < -0.3 is 15.4 Å². The van der Waals surface area contributed by atoms with Crippen LogP contribution >= 0.6 is 11.6 Å². The lowest BCUT2D eigenvalue weighted by atomic mass is 9.90. The number of aromatic nitrogens is 2. The smallest absolute Gasteiger partial charge is 0.226 e. The average Bonchev–Trinajstić information content (AvgIpc) is 2.56. The van der Waals surface area contributed by atoms with Crippen LogP contribution in [0, 0.1) is 11.2 Å². The number of aliphatic hydroxyl groups excluding tert-OH is 1. The van der Waals surface area contributed by atoms with Gasteiger partial charge >= 0.3 is 0 Å². The first-order valence-electron chi connectivity index (χ1n) is 5.48. The van der Waals surface area contributed by atoms with Crippen LogP contribution in [0.3, 0.4) is 0 Å². The van der Waals surface area contributed by atoms with Crippen molar-refractivity contribution in [3.05, 3.63) is 11.1 Å². The molecule has 0 amide bonds. The number of nitrogens with zero attached hydrogens (tertiary/aromatic N) is 3. The first kappa shape index (κ1) is 13.3. The highest BCUT2D eigenvalue weighted by Gasteiger charge is 2.40. The van der Waals surface area contributed by atoms with Gasteiger partial charge in [0.05, 0.1) is 6.10 Å². The molecule has 1 saturated heterocycles. The van der Waals surface area contributed by atoms with Crippen LogP contribution in [0.15, 0.2) is 0 Å². The molecule has 0 spiro atoms. The lowest BCUT2D eigenvalue weighted by Gasteiger charge is -2.21. The van der Waals surface area contributed by atoms with E-state index in [1.165, 1.54) is 0 Å². The molecule has 0 radical (unpaired) electrons. The van der Waals surface area contributed by atoms with Crippen molar-refractivity contribution in [3.8, 4) is 0 Å². The molecule has 1 aliphatic heterocycles. The van der Waals surface area contributed by atoms with Crippen LogP contribution in [0.5, 0.6) is 0 Å². The standard InChI is InChI=1S/C10H15ClFN5O/c1-10(2)4-17(3-5(10)18)8-6(12)7(16-13)14-9(11)15-8/h5,18H,3-4,13H2,1-2H3,(H,14,15,16)/t5-/m1/s1. The van der Waals surface area contributed by atoms with Crippen LogP contribution in [0.2, 0.25) is 5.28 Å². The summed E-state index contributed by atoms with van der Waals surface area (Å²) in [5.41, 5.74) is 1.80. The molecule has 8 heteroatoms. The Morgan fingerprint density at radius 3 is 2.72 bits per heavy atom. The first-order valence-corrected chi connectivity index (χ1v) is 5.85. The molecule has 0 unspecified atom stereocenters. The van der Waals surface area contributed by atoms with Crippen molar-refractivity contribution in [2.45, 2.75) is 20.0 Å². The number of anilines is 2. The minimum atomic E-state index is -0.674. The number of β-amino-alcohol motifs (C(OH)–C–C–N with tert-alkyl or cyclic N) is 1. The predicted molar refractivity (Wildman–Crippen MR) is 66.8 cm³/mol. The van der Waals surface area contributed by atoms with E-state index in [1.54, 1.807) is 4.90 Å². The number of aliphatic hydroxyl groups is 1. The zero-order valence-corrected chi connectivity index (χ0v) is 10.9. The normalized spacial score (nSPS) is 22.3. The maximum Gasteiger partial charge on any atom is 0.226 e. The first-order chi connectivity index (χ1) is 8.35. The fourth-order valence-corrected chi connectivity index (χ4v) is 2.16. The van der Waals surface area contributed by atoms with E-state index in [9.17, 15) is 9.50 Å². The number of nitrogen functional groups attached to an aromatic ring is 1. The summed E-state index contributed by atoms with van der Waals surface area (Å²) < 4.78 is 14.0. The molecule has 0 saturated carbocycles. The third-order valence-electron chi connectivity index (χ3n) is 3.14. The second kappa shape index (κ2) is 4.49. The van der Waals surface area contributed by atoms with Gasteiger partial charge in [-0.1, -0.05) is 13.8 Å². The summed E-state index contributed by atoms with van der Waals surface area (Å²) >= 11 is 5.71. The third-order valence-corrected chi connectivity index (χ3v) is 3.31. The van der Waals surface area contributed by atoms with Gasteiger partial charge in [-0.15, -0.1) is 0 Å². The Balaban J connectivity index is 2.38. The maximum absolute atomic E-state index is 14.0. The molecule has 1 aliphatic rings. The molecule has 0 bridgehead atoms. The molecule has 6 nitrogen and oxygen atoms in total. The van der Waals surface area contributed by atoms with Crippen molar-refractivity contribution in [2.75, 3.05) is 23.4 Å². The molecule has 1 aromatic heterocycles. The number of nitrogens with one attached hydrogen (secondary N) is 1. The number of halogens is 2. The van der Waals surface area contributed by atoms with E-state index in [0.717, 1.165) is 0 Å². The Bertz CT molecular complexity index is 470. The average molecular weight is 276 g/mol. The van der Waals surface area contributed by atoms with Crippen molar-refractivity contribution in [3.63, 3.8) is 0 Å². The maximum atomic E-state index is 14.0. The van der Waals surface area contributed by atoms with E-state index in [0.29, 0.717) is 13.1 Å². The molecule has 1 aromatic rings. The van der Waals surface area contributed by atoms with Gasteiger partial charge in [0.25, 0.3) is 0 Å². The summed E-state index contributed by atoms with van der Waals surface area (Å²) in [5.74, 6) is 4.37. The molecule has 4 N–H and O–H groups in total. The summed E-state index contributed by atoms with van der Waals surface area (Å²) in [6.45, 7) is 4.57. The van der Waals surface area contributed by atoms with Crippen LogP contribution in [0.25, 0.3) is 0 Å². The second-order valence-electron chi connectivity index (χ2n) is 5.01. The van der Waals surface area contributed by atoms with Gasteiger partial charge in [-0.3, -0.25) is 0 Å². The Morgan fingerprint density at radius 1 is 1.56 bits per heavy atom. The van der Waals surface area contributed by atoms with E-state index in [1.807, 2.05) is 13.8 Å². The fourth-order valence-electron chi connectivity index (χ4n) is 1.99. The van der Waals surface area contributed by atoms with Crippen LogP contribution in [-0.4, -0.2) is 34.3 Å². The summed E-state index contributed by atoms with van der Waals surface area (Å²) in [5, 5.41) is 9.80. The van der Waals surface area contributed by atoms with E-state index in [-0.39, 0.29) is 22.3 Å². The van der Waals surface area contributed by atoms with Gasteiger partial charge in [-0.25, -0.2) is 5.84 Å². The van der Waals surface area contributed by atoms with Crippen LogP contribution in [0.4, 0.5) is 16.0 Å². The number of hydrogen-bond acceptors (Lipinski definition) is 6. The monoisotopic (exact) mass is 275 g/mol. The number of rotatable bonds is 2. The molecule has 100 valence electrons. The van der Waals surface area contributed by atoms with Gasteiger partial charge in [0.15, 0.2) is 11.6 Å². The van der Waals surface area contributed by atoms with Crippen LogP contribution in [0.1, 0.15) is 13.8 Å². The fraction of sp³-hybridized carbons (Fsp3) is 0.600. The van der Waals surface area contributed by atoms with Crippen LogP contribution < -0.4 is 16.2 Å². The zero-order chi connectivity index (χ0) is 13.5. The van der Waals surface area contributed by atoms with Gasteiger partial charge in [-0.05, 0) is 11.6 Å². The summed E-state index contributed by atoms with van der Waals surface area (Å²) in [4.78, 5) is 9.13. The Kier molecular flexibility index (Phi) is 3.31. The minimum Gasteiger partial charge on any atom is -0.391 e. The predicted octanol–water partition coefficient (Wildman–Crippen LogP) is 0.762. The Hall–Kier alpha value is -1.18. The Labute approximate surface area is 109 Å². The summed E-state index contributed by atoms with van der Waals surface area (Å²) in [7, 11) is 0. The van der Waals surface area contributed by atoms with Crippen molar-refractivity contribution in [2.24, 2.45) is 11.3 Å². The molecular weight excluding hydrogens is 261 g/mol. The SMILES string of the molecule is CC1(C)CN(c2nc(Cl)nc(NN)c2F)C[C@H]1O. The largest absolute Gasteiger partial charge is 0.391 e. The number of hydrogen-bond donors (Lipinski definition) is 3. The third kappa shape index (κ3) is 2.21. The highest BCUT2D eigenvalue weighted by atomic mass is 35.5.